The number of hydrogen-bond donors (Lipinski definition) is 1. The van der Waals surface area contributed by atoms with Crippen molar-refractivity contribution in [2.75, 3.05) is 5.32 Å². The summed E-state index contributed by atoms with van der Waals surface area (Å²) in [5.41, 5.74) is 2.38. The molecule has 3 rings (SSSR count). The number of amides is 1. The first kappa shape index (κ1) is 16.2. The van der Waals surface area contributed by atoms with Crippen LogP contribution in [0.4, 0.5) is 5.69 Å². The van der Waals surface area contributed by atoms with Crippen LogP contribution in [0.2, 0.25) is 0 Å². The van der Waals surface area contributed by atoms with Crippen LogP contribution in [0.1, 0.15) is 31.8 Å². The fourth-order valence-electron chi connectivity index (χ4n) is 2.41. The topological polar surface area (TPSA) is 70.0 Å². The highest BCUT2D eigenvalue weighted by Crippen LogP contribution is 2.16. The van der Waals surface area contributed by atoms with Gasteiger partial charge in [-0.05, 0) is 24.3 Å². The number of nitrogens with one attached hydrogen (secondary N) is 1. The smallest absolute Gasteiger partial charge is 0.255 e. The summed E-state index contributed by atoms with van der Waals surface area (Å²) >= 11 is 0. The van der Waals surface area contributed by atoms with E-state index in [1.54, 1.807) is 60.7 Å². The number of nitrogens with zero attached hydrogens (tertiary/aromatic N) is 1. The van der Waals surface area contributed by atoms with Gasteiger partial charge in [-0.1, -0.05) is 54.6 Å². The third kappa shape index (κ3) is 3.62. The van der Waals surface area contributed by atoms with Crippen LogP contribution in [0.25, 0.3) is 0 Å². The highest BCUT2D eigenvalue weighted by atomic mass is 16.1. The zero-order chi connectivity index (χ0) is 17.6. The minimum absolute atomic E-state index is 0.0950. The Balaban J connectivity index is 1.77. The summed E-state index contributed by atoms with van der Waals surface area (Å²) in [6, 6.07) is 24.2. The third-order valence-corrected chi connectivity index (χ3v) is 3.74. The molecule has 0 atom stereocenters. The lowest BCUT2D eigenvalue weighted by Crippen LogP contribution is -2.13. The Kier molecular flexibility index (Phi) is 4.68. The van der Waals surface area contributed by atoms with Crippen molar-refractivity contribution in [1.29, 1.82) is 5.26 Å². The molecular weight excluding hydrogens is 312 g/mol. The van der Waals surface area contributed by atoms with E-state index >= 15 is 0 Å². The van der Waals surface area contributed by atoms with Gasteiger partial charge in [0.1, 0.15) is 6.07 Å². The number of ketones is 1. The Morgan fingerprint density at radius 1 is 0.720 bits per heavy atom. The summed E-state index contributed by atoms with van der Waals surface area (Å²) in [4.78, 5) is 24.7. The van der Waals surface area contributed by atoms with Gasteiger partial charge in [0.05, 0.1) is 11.3 Å². The van der Waals surface area contributed by atoms with Crippen LogP contribution in [0.5, 0.6) is 0 Å². The highest BCUT2D eigenvalue weighted by molar-refractivity contribution is 6.10. The molecule has 1 amide bonds. The molecule has 4 nitrogen and oxygen atoms in total. The molecule has 3 aromatic carbocycles. The normalized spacial score (nSPS) is 9.88. The van der Waals surface area contributed by atoms with Crippen molar-refractivity contribution in [1.82, 2.24) is 0 Å². The second kappa shape index (κ2) is 7.24. The molecule has 0 radical (unpaired) electrons. The van der Waals surface area contributed by atoms with Crippen LogP contribution < -0.4 is 5.32 Å². The van der Waals surface area contributed by atoms with E-state index in [9.17, 15) is 9.59 Å². The number of benzene rings is 3. The summed E-state index contributed by atoms with van der Waals surface area (Å²) in [5.74, 6) is -0.427. The molecule has 3 aromatic rings. The summed E-state index contributed by atoms with van der Waals surface area (Å²) in [5, 5.41) is 11.8. The van der Waals surface area contributed by atoms with Crippen molar-refractivity contribution in [3.63, 3.8) is 0 Å². The molecule has 1 N–H and O–H groups in total. The lowest BCUT2D eigenvalue weighted by molar-refractivity contribution is 0.102. The molecule has 0 aliphatic rings. The van der Waals surface area contributed by atoms with Gasteiger partial charge in [-0.25, -0.2) is 0 Å². The Morgan fingerprint density at radius 2 is 1.28 bits per heavy atom. The number of carbonyl (C=O) groups is 2. The lowest BCUT2D eigenvalue weighted by Gasteiger charge is -2.07. The lowest BCUT2D eigenvalue weighted by atomic mass is 10.0. The zero-order valence-corrected chi connectivity index (χ0v) is 13.3. The summed E-state index contributed by atoms with van der Waals surface area (Å²) < 4.78 is 0. The van der Waals surface area contributed by atoms with E-state index in [2.05, 4.69) is 5.32 Å². The maximum Gasteiger partial charge on any atom is 0.255 e. The SMILES string of the molecule is N#Cc1ccccc1NC(=O)c1ccc(C(=O)c2ccccc2)cc1. The van der Waals surface area contributed by atoms with Crippen molar-refractivity contribution < 1.29 is 9.59 Å². The van der Waals surface area contributed by atoms with Crippen molar-refractivity contribution in [3.05, 3.63) is 101 Å². The van der Waals surface area contributed by atoms with E-state index in [1.165, 1.54) is 0 Å². The molecular formula is C21H14N2O2. The van der Waals surface area contributed by atoms with Crippen LogP contribution in [0.3, 0.4) is 0 Å². The average Bonchev–Trinajstić information content (AvgIpc) is 2.68. The number of hydrogen-bond acceptors (Lipinski definition) is 3. The summed E-state index contributed by atoms with van der Waals surface area (Å²) in [6.45, 7) is 0. The Bertz CT molecular complexity index is 955. The van der Waals surface area contributed by atoms with E-state index in [-0.39, 0.29) is 11.7 Å². The number of anilines is 1. The van der Waals surface area contributed by atoms with Crippen molar-refractivity contribution in [3.8, 4) is 6.07 Å². The van der Waals surface area contributed by atoms with Gasteiger partial charge >= 0.3 is 0 Å². The summed E-state index contributed by atoms with van der Waals surface area (Å²) in [6.07, 6.45) is 0. The first-order valence-corrected chi connectivity index (χ1v) is 7.69. The highest BCUT2D eigenvalue weighted by Gasteiger charge is 2.12. The fourth-order valence-corrected chi connectivity index (χ4v) is 2.41. The van der Waals surface area contributed by atoms with Crippen molar-refractivity contribution in [2.45, 2.75) is 0 Å². The van der Waals surface area contributed by atoms with Gasteiger partial charge in [-0.3, -0.25) is 9.59 Å². The maximum atomic E-state index is 12.4. The molecule has 0 bridgehead atoms. The Hall–Kier alpha value is -3.71. The quantitative estimate of drug-likeness (QED) is 0.736. The minimum Gasteiger partial charge on any atom is -0.321 e. The predicted molar refractivity (Wildman–Crippen MR) is 95.4 cm³/mol. The van der Waals surface area contributed by atoms with E-state index in [0.717, 1.165) is 0 Å². The van der Waals surface area contributed by atoms with Crippen LogP contribution in [0, 0.1) is 11.3 Å². The van der Waals surface area contributed by atoms with Crippen LogP contribution in [0.15, 0.2) is 78.9 Å². The number of rotatable bonds is 4. The van der Waals surface area contributed by atoms with E-state index < -0.39 is 0 Å². The van der Waals surface area contributed by atoms with Crippen LogP contribution in [-0.2, 0) is 0 Å². The average molecular weight is 326 g/mol. The third-order valence-electron chi connectivity index (χ3n) is 3.74. The van der Waals surface area contributed by atoms with Gasteiger partial charge in [0.25, 0.3) is 5.91 Å². The molecule has 0 heterocycles. The number of carbonyl (C=O) groups excluding carboxylic acids is 2. The molecule has 0 aliphatic heterocycles. The van der Waals surface area contributed by atoms with Gasteiger partial charge in [0.15, 0.2) is 5.78 Å². The largest absolute Gasteiger partial charge is 0.321 e. The molecule has 0 spiro atoms. The van der Waals surface area contributed by atoms with Crippen LogP contribution >= 0.6 is 0 Å². The second-order valence-electron chi connectivity index (χ2n) is 5.38. The zero-order valence-electron chi connectivity index (χ0n) is 13.3. The molecule has 0 fully saturated rings. The molecule has 4 heteroatoms. The summed E-state index contributed by atoms with van der Waals surface area (Å²) in [7, 11) is 0. The van der Waals surface area contributed by atoms with E-state index in [0.29, 0.717) is 27.9 Å². The molecule has 0 aromatic heterocycles. The van der Waals surface area contributed by atoms with Crippen molar-refractivity contribution >= 4 is 17.4 Å². The number of nitriles is 1. The molecule has 0 unspecified atom stereocenters. The molecule has 0 saturated heterocycles. The minimum atomic E-state index is -0.332. The van der Waals surface area contributed by atoms with Gasteiger partial charge in [-0.2, -0.15) is 5.26 Å². The first-order valence-electron chi connectivity index (χ1n) is 7.69. The van der Waals surface area contributed by atoms with Crippen LogP contribution in [-0.4, -0.2) is 11.7 Å². The molecule has 0 saturated carbocycles. The van der Waals surface area contributed by atoms with E-state index in [1.807, 2.05) is 24.3 Å². The van der Waals surface area contributed by atoms with Crippen molar-refractivity contribution in [2.24, 2.45) is 0 Å². The molecule has 25 heavy (non-hydrogen) atoms. The number of para-hydroxylation sites is 1. The van der Waals surface area contributed by atoms with Gasteiger partial charge in [0, 0.05) is 16.7 Å². The van der Waals surface area contributed by atoms with Gasteiger partial charge in [-0.15, -0.1) is 0 Å². The Labute approximate surface area is 145 Å². The molecule has 0 aliphatic carbocycles. The second-order valence-corrected chi connectivity index (χ2v) is 5.38. The van der Waals surface area contributed by atoms with E-state index in [4.69, 9.17) is 5.26 Å². The van der Waals surface area contributed by atoms with Gasteiger partial charge in [0.2, 0.25) is 0 Å². The maximum absolute atomic E-state index is 12.4. The molecule has 120 valence electrons. The Morgan fingerprint density at radius 3 is 1.96 bits per heavy atom. The predicted octanol–water partition coefficient (Wildman–Crippen LogP) is 4.04. The standard InChI is InChI=1S/C21H14N2O2/c22-14-18-8-4-5-9-19(18)23-21(25)17-12-10-16(11-13-17)20(24)15-6-2-1-3-7-15/h1-13H,(H,23,25). The van der Waals surface area contributed by atoms with Gasteiger partial charge < -0.3 is 5.32 Å². The fraction of sp³-hybridized carbons (Fsp3) is 0. The first-order chi connectivity index (χ1) is 12.2. The monoisotopic (exact) mass is 326 g/mol.